The highest BCUT2D eigenvalue weighted by Crippen LogP contribution is 2.26. The van der Waals surface area contributed by atoms with Gasteiger partial charge < -0.3 is 9.15 Å². The number of nitro groups is 1. The van der Waals surface area contributed by atoms with Crippen molar-refractivity contribution in [2.24, 2.45) is 0 Å². The fourth-order valence-corrected chi connectivity index (χ4v) is 3.90. The molecule has 0 radical (unpaired) electrons. The Kier molecular flexibility index (Phi) is 6.72. The van der Waals surface area contributed by atoms with Gasteiger partial charge in [0.05, 0.1) is 21.3 Å². The molecule has 3 aromatic rings. The van der Waals surface area contributed by atoms with Crippen LogP contribution < -0.4 is 10.1 Å². The van der Waals surface area contributed by atoms with Crippen molar-refractivity contribution in [1.29, 1.82) is 0 Å². The highest BCUT2D eigenvalue weighted by molar-refractivity contribution is 14.1. The van der Waals surface area contributed by atoms with Gasteiger partial charge in [-0.25, -0.2) is 4.79 Å². The smallest absolute Gasteiger partial charge is 0.331 e. The molecular weight excluding hydrogens is 557 g/mol. The summed E-state index contributed by atoms with van der Waals surface area (Å²) in [6.45, 7) is 0.0209. The van der Waals surface area contributed by atoms with Crippen LogP contribution in [0.5, 0.6) is 5.75 Å². The molecule has 1 aliphatic rings. The minimum absolute atomic E-state index is 0.0206. The minimum Gasteiger partial charge on any atom is -0.488 e. The summed E-state index contributed by atoms with van der Waals surface area (Å²) in [4.78, 5) is 48.6. The van der Waals surface area contributed by atoms with Gasteiger partial charge in [-0.1, -0.05) is 18.2 Å². The summed E-state index contributed by atoms with van der Waals surface area (Å²) in [5.74, 6) is -0.585. The minimum atomic E-state index is -0.817. The molecule has 0 bridgehead atoms. The van der Waals surface area contributed by atoms with E-state index in [9.17, 15) is 24.5 Å². The SMILES string of the molecule is O=C1NC(=O)N(Cc2ccco2)C(=O)/C1=C/c1ccc(OCc2cccc([N+](=O)[O-])c2)c(I)c1. The Morgan fingerprint density at radius 2 is 1.94 bits per heavy atom. The van der Waals surface area contributed by atoms with E-state index >= 15 is 0 Å². The first-order valence-corrected chi connectivity index (χ1v) is 11.0. The molecule has 0 atom stereocenters. The molecule has 1 N–H and O–H groups in total. The van der Waals surface area contributed by atoms with E-state index in [2.05, 4.69) is 5.32 Å². The fraction of sp³-hybridized carbons (Fsp3) is 0.0870. The molecule has 0 saturated carbocycles. The summed E-state index contributed by atoms with van der Waals surface area (Å²) in [6.07, 6.45) is 2.82. The van der Waals surface area contributed by atoms with E-state index in [0.29, 0.717) is 26.2 Å². The predicted molar refractivity (Wildman–Crippen MR) is 127 cm³/mol. The number of amides is 4. The molecule has 4 amide bonds. The summed E-state index contributed by atoms with van der Waals surface area (Å²) in [5.41, 5.74) is 0.986. The quantitative estimate of drug-likeness (QED) is 0.148. The summed E-state index contributed by atoms with van der Waals surface area (Å²) >= 11 is 2.05. The van der Waals surface area contributed by atoms with Crippen LogP contribution in [-0.4, -0.2) is 27.7 Å². The third-order valence-electron chi connectivity index (χ3n) is 4.86. The van der Waals surface area contributed by atoms with Crippen molar-refractivity contribution in [3.8, 4) is 5.75 Å². The van der Waals surface area contributed by atoms with Gasteiger partial charge in [0, 0.05) is 12.1 Å². The van der Waals surface area contributed by atoms with E-state index in [4.69, 9.17) is 9.15 Å². The number of barbiturate groups is 1. The molecule has 11 heteroatoms. The van der Waals surface area contributed by atoms with Crippen LogP contribution in [0.2, 0.25) is 0 Å². The van der Waals surface area contributed by atoms with Crippen molar-refractivity contribution in [2.75, 3.05) is 0 Å². The average Bonchev–Trinajstić information content (AvgIpc) is 3.32. The van der Waals surface area contributed by atoms with E-state index in [-0.39, 0.29) is 24.4 Å². The first-order valence-electron chi connectivity index (χ1n) is 9.89. The Morgan fingerprint density at radius 3 is 2.65 bits per heavy atom. The number of carbonyl (C=O) groups excluding carboxylic acids is 3. The number of rotatable bonds is 7. The van der Waals surface area contributed by atoms with Gasteiger partial charge in [0.2, 0.25) is 0 Å². The number of halogens is 1. The highest BCUT2D eigenvalue weighted by Gasteiger charge is 2.36. The van der Waals surface area contributed by atoms with Crippen LogP contribution in [0.3, 0.4) is 0 Å². The molecule has 1 aromatic heterocycles. The monoisotopic (exact) mass is 573 g/mol. The van der Waals surface area contributed by atoms with Crippen molar-refractivity contribution < 1.29 is 28.5 Å². The normalized spacial score (nSPS) is 14.9. The Bertz CT molecular complexity index is 1320. The van der Waals surface area contributed by atoms with E-state index in [1.807, 2.05) is 22.6 Å². The van der Waals surface area contributed by atoms with Crippen LogP contribution in [0.15, 0.2) is 70.9 Å². The van der Waals surface area contributed by atoms with Crippen LogP contribution in [0.4, 0.5) is 10.5 Å². The first kappa shape index (κ1) is 23.2. The number of hydrogen-bond acceptors (Lipinski definition) is 7. The predicted octanol–water partition coefficient (Wildman–Crippen LogP) is 4.03. The number of nitrogens with zero attached hydrogens (tertiary/aromatic N) is 2. The second-order valence-electron chi connectivity index (χ2n) is 7.19. The number of non-ortho nitro benzene ring substituents is 1. The third kappa shape index (κ3) is 5.14. The Hall–Kier alpha value is -4.00. The van der Waals surface area contributed by atoms with Gasteiger partial charge in [-0.2, -0.15) is 0 Å². The van der Waals surface area contributed by atoms with Crippen LogP contribution in [0, 0.1) is 13.7 Å². The fourth-order valence-electron chi connectivity index (χ4n) is 3.21. The standard InChI is InChI=1S/C23H16IN3O7/c24-19-11-14(6-7-20(19)34-13-15-3-1-4-16(9-15)27(31)32)10-18-21(28)25-23(30)26(22(18)29)12-17-5-2-8-33-17/h1-11H,12-13H2,(H,25,28,30)/b18-10+. The van der Waals surface area contributed by atoms with Crippen molar-refractivity contribution >= 4 is 52.2 Å². The number of urea groups is 1. The number of nitrogens with one attached hydrogen (secondary N) is 1. The molecule has 1 aliphatic heterocycles. The van der Waals surface area contributed by atoms with E-state index in [0.717, 1.165) is 4.90 Å². The van der Waals surface area contributed by atoms with Gasteiger partial charge in [-0.05, 0) is 64.1 Å². The molecule has 2 aromatic carbocycles. The average molecular weight is 573 g/mol. The molecule has 172 valence electrons. The first-order chi connectivity index (χ1) is 16.3. The highest BCUT2D eigenvalue weighted by atomic mass is 127. The second-order valence-corrected chi connectivity index (χ2v) is 8.36. The van der Waals surface area contributed by atoms with E-state index in [1.165, 1.54) is 24.5 Å². The molecule has 1 fully saturated rings. The van der Waals surface area contributed by atoms with Crippen molar-refractivity contribution in [1.82, 2.24) is 10.2 Å². The van der Waals surface area contributed by atoms with Crippen molar-refractivity contribution in [3.05, 3.63) is 97.0 Å². The summed E-state index contributed by atoms with van der Waals surface area (Å²) < 4.78 is 11.7. The summed E-state index contributed by atoms with van der Waals surface area (Å²) in [5, 5.41) is 13.1. The molecule has 1 saturated heterocycles. The van der Waals surface area contributed by atoms with Gasteiger partial charge in [-0.15, -0.1) is 0 Å². The Balaban J connectivity index is 1.50. The largest absolute Gasteiger partial charge is 0.488 e. The molecule has 4 rings (SSSR count). The number of carbonyl (C=O) groups is 3. The molecule has 0 unspecified atom stereocenters. The Morgan fingerprint density at radius 1 is 1.12 bits per heavy atom. The summed E-state index contributed by atoms with van der Waals surface area (Å²) in [7, 11) is 0. The van der Waals surface area contributed by atoms with E-state index in [1.54, 1.807) is 42.5 Å². The lowest BCUT2D eigenvalue weighted by molar-refractivity contribution is -0.384. The van der Waals surface area contributed by atoms with Crippen LogP contribution >= 0.6 is 22.6 Å². The number of imide groups is 2. The third-order valence-corrected chi connectivity index (χ3v) is 5.71. The lowest BCUT2D eigenvalue weighted by atomic mass is 10.1. The molecule has 2 heterocycles. The topological polar surface area (TPSA) is 132 Å². The van der Waals surface area contributed by atoms with Crippen LogP contribution in [0.25, 0.3) is 6.08 Å². The zero-order valence-electron chi connectivity index (χ0n) is 17.4. The maximum atomic E-state index is 12.8. The number of furan rings is 1. The van der Waals surface area contributed by atoms with E-state index < -0.39 is 22.8 Å². The summed E-state index contributed by atoms with van der Waals surface area (Å²) in [6, 6.07) is 13.6. The van der Waals surface area contributed by atoms with Crippen LogP contribution in [0.1, 0.15) is 16.9 Å². The lowest BCUT2D eigenvalue weighted by Crippen LogP contribution is -2.53. The van der Waals surface area contributed by atoms with Gasteiger partial charge in [0.15, 0.2) is 0 Å². The van der Waals surface area contributed by atoms with Gasteiger partial charge in [-0.3, -0.25) is 29.9 Å². The second kappa shape index (κ2) is 9.87. The van der Waals surface area contributed by atoms with Crippen molar-refractivity contribution in [3.63, 3.8) is 0 Å². The molecule has 0 aliphatic carbocycles. The molecule has 10 nitrogen and oxygen atoms in total. The van der Waals surface area contributed by atoms with Gasteiger partial charge in [0.1, 0.15) is 23.7 Å². The Labute approximate surface area is 206 Å². The maximum Gasteiger partial charge on any atom is 0.331 e. The zero-order valence-corrected chi connectivity index (χ0v) is 19.6. The molecular formula is C23H16IN3O7. The zero-order chi connectivity index (χ0) is 24.2. The molecule has 34 heavy (non-hydrogen) atoms. The maximum absolute atomic E-state index is 12.8. The lowest BCUT2D eigenvalue weighted by Gasteiger charge is -2.25. The number of nitro benzene ring substituents is 1. The van der Waals surface area contributed by atoms with Crippen molar-refractivity contribution in [2.45, 2.75) is 13.2 Å². The van der Waals surface area contributed by atoms with Crippen LogP contribution in [-0.2, 0) is 22.7 Å². The molecule has 0 spiro atoms. The van der Waals surface area contributed by atoms with Gasteiger partial charge in [0.25, 0.3) is 17.5 Å². The van der Waals surface area contributed by atoms with Gasteiger partial charge >= 0.3 is 6.03 Å². The number of hydrogen-bond donors (Lipinski definition) is 1. The number of benzene rings is 2. The number of ether oxygens (including phenoxy) is 1.